The van der Waals surface area contributed by atoms with Gasteiger partial charge >= 0.3 is 0 Å². The minimum absolute atomic E-state index is 0.351. The lowest BCUT2D eigenvalue weighted by Crippen LogP contribution is -2.13. The van der Waals surface area contributed by atoms with Crippen LogP contribution in [0.3, 0.4) is 0 Å². The van der Waals surface area contributed by atoms with E-state index in [1.165, 1.54) is 0 Å². The summed E-state index contributed by atoms with van der Waals surface area (Å²) in [6, 6.07) is 19.5. The molecule has 0 aliphatic rings. The number of aryl methyl sites for hydroxylation is 1. The van der Waals surface area contributed by atoms with Crippen molar-refractivity contribution in [2.75, 3.05) is 11.9 Å². The first-order chi connectivity index (χ1) is 14.7. The monoisotopic (exact) mass is 395 g/mol. The maximum absolute atomic E-state index is 10.6. The predicted molar refractivity (Wildman–Crippen MR) is 118 cm³/mol. The van der Waals surface area contributed by atoms with Crippen molar-refractivity contribution in [2.24, 2.45) is 0 Å². The molecule has 1 atom stereocenters. The molecule has 0 fully saturated rings. The SMILES string of the molecule is Cc1cc2nccn2cc1-c1nc(NCC(O)c2ccccc2)c2ccccc2n1. The van der Waals surface area contributed by atoms with Gasteiger partial charge in [-0.05, 0) is 36.2 Å². The number of imidazole rings is 1. The van der Waals surface area contributed by atoms with Crippen LogP contribution < -0.4 is 5.32 Å². The summed E-state index contributed by atoms with van der Waals surface area (Å²) in [6.07, 6.45) is 5.06. The highest BCUT2D eigenvalue weighted by molar-refractivity contribution is 5.90. The fourth-order valence-electron chi connectivity index (χ4n) is 3.61. The quantitative estimate of drug-likeness (QED) is 0.461. The molecule has 0 aliphatic carbocycles. The molecule has 0 amide bonds. The second kappa shape index (κ2) is 7.57. The van der Waals surface area contributed by atoms with Crippen LogP contribution in [0.2, 0.25) is 0 Å². The van der Waals surface area contributed by atoms with Gasteiger partial charge in [0.05, 0.1) is 11.6 Å². The summed E-state index contributed by atoms with van der Waals surface area (Å²) in [6.45, 7) is 2.39. The Morgan fingerprint density at radius 2 is 1.83 bits per heavy atom. The van der Waals surface area contributed by atoms with Gasteiger partial charge in [-0.15, -0.1) is 0 Å². The molecule has 3 heterocycles. The van der Waals surface area contributed by atoms with Crippen LogP contribution in [-0.4, -0.2) is 31.0 Å². The van der Waals surface area contributed by atoms with Crippen LogP contribution in [0.5, 0.6) is 0 Å². The Kier molecular flexibility index (Phi) is 4.61. The molecular formula is C24H21N5O. The molecule has 1 unspecified atom stereocenters. The van der Waals surface area contributed by atoms with Crippen LogP contribution in [0.15, 0.2) is 79.3 Å². The number of nitrogens with zero attached hydrogens (tertiary/aromatic N) is 4. The Bertz CT molecular complexity index is 1330. The summed E-state index contributed by atoms with van der Waals surface area (Å²) in [4.78, 5) is 14.0. The maximum atomic E-state index is 10.6. The molecule has 0 aliphatic heterocycles. The fourth-order valence-corrected chi connectivity index (χ4v) is 3.61. The number of aromatic nitrogens is 4. The predicted octanol–water partition coefficient (Wildman–Crippen LogP) is 4.40. The van der Waals surface area contributed by atoms with Crippen molar-refractivity contribution in [1.82, 2.24) is 19.4 Å². The molecule has 2 N–H and O–H groups in total. The number of hydrogen-bond donors (Lipinski definition) is 2. The molecule has 0 radical (unpaired) electrons. The zero-order valence-corrected chi connectivity index (χ0v) is 16.5. The van der Waals surface area contributed by atoms with E-state index in [0.717, 1.165) is 33.2 Å². The molecule has 0 bridgehead atoms. The molecule has 0 spiro atoms. The Morgan fingerprint density at radius 1 is 1.03 bits per heavy atom. The topological polar surface area (TPSA) is 75.3 Å². The van der Waals surface area contributed by atoms with Crippen molar-refractivity contribution in [1.29, 1.82) is 0 Å². The van der Waals surface area contributed by atoms with Crippen LogP contribution in [0, 0.1) is 6.92 Å². The summed E-state index contributed by atoms with van der Waals surface area (Å²) >= 11 is 0. The second-order valence-electron chi connectivity index (χ2n) is 7.28. The molecule has 0 saturated carbocycles. The van der Waals surface area contributed by atoms with Crippen molar-refractivity contribution < 1.29 is 5.11 Å². The van der Waals surface area contributed by atoms with Crippen LogP contribution in [0.25, 0.3) is 27.9 Å². The average Bonchev–Trinajstić information content (AvgIpc) is 3.24. The van der Waals surface area contributed by atoms with Crippen molar-refractivity contribution >= 4 is 22.4 Å². The molecule has 2 aromatic carbocycles. The van der Waals surface area contributed by atoms with Gasteiger partial charge < -0.3 is 14.8 Å². The number of pyridine rings is 1. The highest BCUT2D eigenvalue weighted by Gasteiger charge is 2.14. The normalized spacial score (nSPS) is 12.3. The van der Waals surface area contributed by atoms with Crippen LogP contribution in [0.4, 0.5) is 5.82 Å². The van der Waals surface area contributed by atoms with E-state index < -0.39 is 6.10 Å². The largest absolute Gasteiger partial charge is 0.387 e. The third-order valence-corrected chi connectivity index (χ3v) is 5.23. The number of aliphatic hydroxyl groups excluding tert-OH is 1. The van der Waals surface area contributed by atoms with Gasteiger partial charge in [0, 0.05) is 36.1 Å². The van der Waals surface area contributed by atoms with E-state index in [9.17, 15) is 5.11 Å². The fraction of sp³-hybridized carbons (Fsp3) is 0.125. The van der Waals surface area contributed by atoms with Crippen LogP contribution >= 0.6 is 0 Å². The Balaban J connectivity index is 1.55. The van der Waals surface area contributed by atoms with Gasteiger partial charge in [0.25, 0.3) is 0 Å². The number of anilines is 1. The lowest BCUT2D eigenvalue weighted by atomic mass is 10.1. The number of nitrogens with one attached hydrogen (secondary N) is 1. The third-order valence-electron chi connectivity index (χ3n) is 5.23. The van der Waals surface area contributed by atoms with E-state index in [0.29, 0.717) is 18.2 Å². The zero-order chi connectivity index (χ0) is 20.5. The first-order valence-electron chi connectivity index (χ1n) is 9.86. The third kappa shape index (κ3) is 3.38. The standard InChI is InChI=1S/C24H21N5O/c1-16-13-22-25-11-12-29(22)15-19(16)24-27-20-10-6-5-9-18(20)23(28-24)26-14-21(30)17-7-3-2-4-8-17/h2-13,15,21,30H,14H2,1H3,(H,26,27,28). The highest BCUT2D eigenvalue weighted by Crippen LogP contribution is 2.27. The van der Waals surface area contributed by atoms with E-state index in [2.05, 4.69) is 10.3 Å². The number of benzene rings is 2. The molecule has 5 rings (SSSR count). The van der Waals surface area contributed by atoms with E-state index in [1.807, 2.05) is 84.4 Å². The van der Waals surface area contributed by atoms with Gasteiger partial charge in [-0.25, -0.2) is 15.0 Å². The minimum atomic E-state index is -0.632. The molecule has 5 aromatic rings. The van der Waals surface area contributed by atoms with Gasteiger partial charge in [-0.1, -0.05) is 42.5 Å². The molecule has 6 heteroatoms. The maximum Gasteiger partial charge on any atom is 0.163 e. The van der Waals surface area contributed by atoms with Crippen LogP contribution in [-0.2, 0) is 0 Å². The summed E-state index contributed by atoms with van der Waals surface area (Å²) in [5, 5.41) is 14.8. The van der Waals surface area contributed by atoms with Gasteiger partial charge in [0.2, 0.25) is 0 Å². The Hall–Kier alpha value is -3.77. The Labute approximate surface area is 173 Å². The second-order valence-corrected chi connectivity index (χ2v) is 7.28. The molecule has 30 heavy (non-hydrogen) atoms. The van der Waals surface area contributed by atoms with E-state index in [1.54, 1.807) is 6.20 Å². The number of hydrogen-bond acceptors (Lipinski definition) is 5. The summed E-state index contributed by atoms with van der Waals surface area (Å²) in [5.41, 5.74) is 4.60. The summed E-state index contributed by atoms with van der Waals surface area (Å²) in [5.74, 6) is 1.34. The van der Waals surface area contributed by atoms with Crippen molar-refractivity contribution in [2.45, 2.75) is 13.0 Å². The number of fused-ring (bicyclic) bond motifs is 2. The van der Waals surface area contributed by atoms with Gasteiger partial charge in [0.15, 0.2) is 5.82 Å². The highest BCUT2D eigenvalue weighted by atomic mass is 16.3. The molecule has 3 aromatic heterocycles. The molecule has 148 valence electrons. The number of rotatable bonds is 5. The van der Waals surface area contributed by atoms with Gasteiger partial charge in [0.1, 0.15) is 11.5 Å². The smallest absolute Gasteiger partial charge is 0.163 e. The molecule has 0 saturated heterocycles. The Morgan fingerprint density at radius 3 is 2.70 bits per heavy atom. The molecular weight excluding hydrogens is 374 g/mol. The zero-order valence-electron chi connectivity index (χ0n) is 16.5. The average molecular weight is 395 g/mol. The van der Waals surface area contributed by atoms with Crippen molar-refractivity contribution in [3.05, 3.63) is 90.4 Å². The minimum Gasteiger partial charge on any atom is -0.387 e. The van der Waals surface area contributed by atoms with E-state index >= 15 is 0 Å². The number of para-hydroxylation sites is 1. The summed E-state index contributed by atoms with van der Waals surface area (Å²) < 4.78 is 1.97. The summed E-state index contributed by atoms with van der Waals surface area (Å²) in [7, 11) is 0. The van der Waals surface area contributed by atoms with E-state index in [4.69, 9.17) is 9.97 Å². The van der Waals surface area contributed by atoms with Crippen molar-refractivity contribution in [3.8, 4) is 11.4 Å². The number of aliphatic hydroxyl groups is 1. The van der Waals surface area contributed by atoms with Gasteiger partial charge in [-0.3, -0.25) is 0 Å². The molecule has 6 nitrogen and oxygen atoms in total. The first kappa shape index (κ1) is 18.3. The lowest BCUT2D eigenvalue weighted by Gasteiger charge is -2.15. The first-order valence-corrected chi connectivity index (χ1v) is 9.86. The van der Waals surface area contributed by atoms with Crippen LogP contribution in [0.1, 0.15) is 17.2 Å². The lowest BCUT2D eigenvalue weighted by molar-refractivity contribution is 0.191. The van der Waals surface area contributed by atoms with Gasteiger partial charge in [-0.2, -0.15) is 0 Å². The van der Waals surface area contributed by atoms with E-state index in [-0.39, 0.29) is 0 Å². The van der Waals surface area contributed by atoms with Crippen molar-refractivity contribution in [3.63, 3.8) is 0 Å².